The molecule has 0 radical (unpaired) electrons. The third-order valence-electron chi connectivity index (χ3n) is 3.51. The van der Waals surface area contributed by atoms with Crippen LogP contribution in [0.2, 0.25) is 0 Å². The van der Waals surface area contributed by atoms with E-state index in [1.165, 1.54) is 0 Å². The summed E-state index contributed by atoms with van der Waals surface area (Å²) in [7, 11) is 0. The van der Waals surface area contributed by atoms with Crippen LogP contribution in [0.15, 0.2) is 30.3 Å². The predicted octanol–water partition coefficient (Wildman–Crippen LogP) is 0.469. The third-order valence-corrected chi connectivity index (χ3v) is 3.51. The average molecular weight is 306 g/mol. The summed E-state index contributed by atoms with van der Waals surface area (Å²) in [5.41, 5.74) is 0.899. The molecule has 5 nitrogen and oxygen atoms in total. The molecule has 0 aliphatic rings. The molecule has 0 aromatic heterocycles. The van der Waals surface area contributed by atoms with Gasteiger partial charge < -0.3 is 15.1 Å². The van der Waals surface area contributed by atoms with Gasteiger partial charge in [0.1, 0.15) is 0 Å². The molecular weight excluding hydrogens is 278 g/mol. The number of carbonyl (C=O) groups is 2. The number of para-hydroxylation sites is 1. The summed E-state index contributed by atoms with van der Waals surface area (Å²) in [4.78, 5) is 27.1. The maximum absolute atomic E-state index is 12.7. The molecular formula is C17H28N3O2+. The molecule has 0 aliphatic carbocycles. The molecule has 1 aromatic carbocycles. The van der Waals surface area contributed by atoms with E-state index >= 15 is 0 Å². The molecule has 1 atom stereocenters. The van der Waals surface area contributed by atoms with Crippen LogP contribution in [-0.4, -0.2) is 44.0 Å². The Morgan fingerprint density at radius 2 is 1.77 bits per heavy atom. The van der Waals surface area contributed by atoms with Gasteiger partial charge in [0, 0.05) is 18.3 Å². The summed E-state index contributed by atoms with van der Waals surface area (Å²) in [6.45, 7) is 9.89. The molecule has 122 valence electrons. The number of hydrogen-bond acceptors (Lipinski definition) is 2. The second-order valence-electron chi connectivity index (χ2n) is 5.60. The van der Waals surface area contributed by atoms with Gasteiger partial charge in [0.25, 0.3) is 11.8 Å². The summed E-state index contributed by atoms with van der Waals surface area (Å²) >= 11 is 0. The smallest absolute Gasteiger partial charge is 0.282 e. The molecule has 1 aromatic rings. The Balaban J connectivity index is 2.76. The van der Waals surface area contributed by atoms with E-state index < -0.39 is 0 Å². The van der Waals surface area contributed by atoms with Crippen molar-refractivity contribution in [2.24, 2.45) is 0 Å². The molecule has 22 heavy (non-hydrogen) atoms. The van der Waals surface area contributed by atoms with Crippen molar-refractivity contribution in [3.63, 3.8) is 0 Å². The Kier molecular flexibility index (Phi) is 7.60. The van der Waals surface area contributed by atoms with E-state index in [9.17, 15) is 9.59 Å². The van der Waals surface area contributed by atoms with Gasteiger partial charge in [-0.25, -0.2) is 0 Å². The Morgan fingerprint density at radius 3 is 2.27 bits per heavy atom. The normalized spacial score (nSPS) is 12.0. The maximum Gasteiger partial charge on any atom is 0.282 e. The van der Waals surface area contributed by atoms with Crippen LogP contribution in [0.25, 0.3) is 0 Å². The number of carbonyl (C=O) groups excluding carboxylic acids is 2. The molecule has 5 heteroatoms. The summed E-state index contributed by atoms with van der Waals surface area (Å²) in [6, 6.07) is 9.75. The zero-order chi connectivity index (χ0) is 16.5. The SMILES string of the molecule is CCNC(=O)C[NH+](CC)CC(=O)N(c1ccccc1)C(C)C. The summed E-state index contributed by atoms with van der Waals surface area (Å²) in [5.74, 6) is 0.0327. The van der Waals surface area contributed by atoms with E-state index in [1.807, 2.05) is 58.0 Å². The number of likely N-dealkylation sites (N-methyl/N-ethyl adjacent to an activating group) is 2. The Labute approximate surface area is 133 Å². The van der Waals surface area contributed by atoms with E-state index in [0.29, 0.717) is 19.6 Å². The van der Waals surface area contributed by atoms with Gasteiger partial charge in [-0.15, -0.1) is 0 Å². The zero-order valence-electron chi connectivity index (χ0n) is 14.1. The van der Waals surface area contributed by atoms with Crippen LogP contribution < -0.4 is 15.1 Å². The standard InChI is InChI=1S/C17H27N3O2/c1-5-18-16(21)12-19(6-2)13-17(22)20(14(3)4)15-10-8-7-9-11-15/h7-11,14H,5-6,12-13H2,1-4H3,(H,18,21)/p+1. The van der Waals surface area contributed by atoms with Crippen LogP contribution >= 0.6 is 0 Å². The van der Waals surface area contributed by atoms with Gasteiger partial charge in [-0.2, -0.15) is 0 Å². The quantitative estimate of drug-likeness (QED) is 0.733. The van der Waals surface area contributed by atoms with Gasteiger partial charge in [0.05, 0.1) is 6.54 Å². The fourth-order valence-electron chi connectivity index (χ4n) is 2.42. The van der Waals surface area contributed by atoms with Gasteiger partial charge >= 0.3 is 0 Å². The topological polar surface area (TPSA) is 53.9 Å². The van der Waals surface area contributed by atoms with Crippen LogP contribution in [0.5, 0.6) is 0 Å². The second kappa shape index (κ2) is 9.20. The van der Waals surface area contributed by atoms with Crippen LogP contribution in [-0.2, 0) is 9.59 Å². The Morgan fingerprint density at radius 1 is 1.14 bits per heavy atom. The van der Waals surface area contributed by atoms with E-state index in [2.05, 4.69) is 5.32 Å². The second-order valence-corrected chi connectivity index (χ2v) is 5.60. The molecule has 1 rings (SSSR count). The summed E-state index contributed by atoms with van der Waals surface area (Å²) in [6.07, 6.45) is 0. The Bertz CT molecular complexity index is 474. The first kappa shape index (κ1) is 18.2. The number of nitrogens with one attached hydrogen (secondary N) is 2. The number of amides is 2. The minimum absolute atomic E-state index is 0.0111. The highest BCUT2D eigenvalue weighted by Gasteiger charge is 2.24. The number of rotatable bonds is 8. The molecule has 0 saturated carbocycles. The molecule has 2 amide bonds. The molecule has 0 aliphatic heterocycles. The first-order valence-electron chi connectivity index (χ1n) is 7.96. The number of benzene rings is 1. The number of quaternary nitrogens is 1. The van der Waals surface area contributed by atoms with Crippen molar-refractivity contribution in [2.75, 3.05) is 31.1 Å². The van der Waals surface area contributed by atoms with Crippen molar-refractivity contribution in [3.05, 3.63) is 30.3 Å². The van der Waals surface area contributed by atoms with Gasteiger partial charge in [-0.3, -0.25) is 9.59 Å². The van der Waals surface area contributed by atoms with E-state index in [4.69, 9.17) is 0 Å². The largest absolute Gasteiger partial charge is 0.351 e. The highest BCUT2D eigenvalue weighted by molar-refractivity contribution is 5.94. The van der Waals surface area contributed by atoms with Crippen LogP contribution in [0.4, 0.5) is 5.69 Å². The highest BCUT2D eigenvalue weighted by atomic mass is 16.2. The molecule has 2 N–H and O–H groups in total. The molecule has 0 spiro atoms. The lowest BCUT2D eigenvalue weighted by atomic mass is 10.2. The van der Waals surface area contributed by atoms with Crippen molar-refractivity contribution in [3.8, 4) is 0 Å². The molecule has 0 bridgehead atoms. The molecule has 0 fully saturated rings. The molecule has 0 heterocycles. The zero-order valence-corrected chi connectivity index (χ0v) is 14.1. The minimum Gasteiger partial charge on any atom is -0.351 e. The lowest BCUT2D eigenvalue weighted by molar-refractivity contribution is -0.881. The van der Waals surface area contributed by atoms with Gasteiger partial charge in [0.2, 0.25) is 0 Å². The van der Waals surface area contributed by atoms with E-state index in [1.54, 1.807) is 4.90 Å². The average Bonchev–Trinajstić information content (AvgIpc) is 2.47. The lowest BCUT2D eigenvalue weighted by Gasteiger charge is -2.28. The van der Waals surface area contributed by atoms with Crippen molar-refractivity contribution in [2.45, 2.75) is 33.7 Å². The van der Waals surface area contributed by atoms with Crippen LogP contribution in [0, 0.1) is 0 Å². The van der Waals surface area contributed by atoms with Crippen molar-refractivity contribution in [1.29, 1.82) is 0 Å². The first-order chi connectivity index (χ1) is 10.5. The van der Waals surface area contributed by atoms with Gasteiger partial charge in [-0.1, -0.05) is 18.2 Å². The van der Waals surface area contributed by atoms with Gasteiger partial charge in [0.15, 0.2) is 13.1 Å². The van der Waals surface area contributed by atoms with E-state index in [0.717, 1.165) is 17.1 Å². The predicted molar refractivity (Wildman–Crippen MR) is 89.0 cm³/mol. The molecule has 1 unspecified atom stereocenters. The van der Waals surface area contributed by atoms with Crippen LogP contribution in [0.3, 0.4) is 0 Å². The van der Waals surface area contributed by atoms with Crippen LogP contribution in [0.1, 0.15) is 27.7 Å². The first-order valence-corrected chi connectivity index (χ1v) is 7.96. The van der Waals surface area contributed by atoms with E-state index in [-0.39, 0.29) is 17.9 Å². The third kappa shape index (κ3) is 5.48. The maximum atomic E-state index is 12.7. The van der Waals surface area contributed by atoms with Gasteiger partial charge in [-0.05, 0) is 39.8 Å². The molecule has 0 saturated heterocycles. The van der Waals surface area contributed by atoms with Crippen molar-refractivity contribution in [1.82, 2.24) is 5.32 Å². The number of hydrogen-bond donors (Lipinski definition) is 2. The summed E-state index contributed by atoms with van der Waals surface area (Å²) < 4.78 is 0. The van der Waals surface area contributed by atoms with Crippen molar-refractivity contribution < 1.29 is 14.5 Å². The fourth-order valence-corrected chi connectivity index (χ4v) is 2.42. The number of anilines is 1. The van der Waals surface area contributed by atoms with Crippen molar-refractivity contribution >= 4 is 17.5 Å². The fraction of sp³-hybridized carbons (Fsp3) is 0.529. The minimum atomic E-state index is -0.0111. The highest BCUT2D eigenvalue weighted by Crippen LogP contribution is 2.16. The monoisotopic (exact) mass is 306 g/mol. The Hall–Kier alpha value is -1.88. The number of nitrogens with zero attached hydrogens (tertiary/aromatic N) is 1. The lowest BCUT2D eigenvalue weighted by Crippen LogP contribution is -3.14. The summed E-state index contributed by atoms with van der Waals surface area (Å²) in [5, 5.41) is 2.78.